The van der Waals surface area contributed by atoms with Crippen LogP contribution in [0.5, 0.6) is 0 Å². The van der Waals surface area contributed by atoms with Gasteiger partial charge in [-0.05, 0) is 25.2 Å². The first-order valence-electron chi connectivity index (χ1n) is 7.18. The zero-order valence-corrected chi connectivity index (χ0v) is 11.5. The van der Waals surface area contributed by atoms with Crippen LogP contribution in [-0.2, 0) is 9.47 Å². The normalized spacial score (nSPS) is 25.1. The summed E-state index contributed by atoms with van der Waals surface area (Å²) in [7, 11) is 1.73. The Balaban J connectivity index is 1.97. The Kier molecular flexibility index (Phi) is 8.67. The standard InChI is InChI=1S/C14H29NO2/c1-3-13-7-4-5-8-14(13)15-9-12-17-11-6-10-16-2/h13-15H,3-12H2,1-2H3. The minimum atomic E-state index is 0.733. The SMILES string of the molecule is CCC1CCCCC1NCCOCCCOC. The highest BCUT2D eigenvalue weighted by Gasteiger charge is 2.22. The van der Waals surface area contributed by atoms with E-state index in [1.807, 2.05) is 0 Å². The van der Waals surface area contributed by atoms with E-state index in [0.717, 1.165) is 44.7 Å². The van der Waals surface area contributed by atoms with E-state index in [4.69, 9.17) is 9.47 Å². The number of rotatable bonds is 9. The van der Waals surface area contributed by atoms with Crippen molar-refractivity contribution < 1.29 is 9.47 Å². The van der Waals surface area contributed by atoms with Gasteiger partial charge in [-0.15, -0.1) is 0 Å². The fourth-order valence-electron chi connectivity index (χ4n) is 2.69. The number of nitrogens with one attached hydrogen (secondary N) is 1. The smallest absolute Gasteiger partial charge is 0.0591 e. The summed E-state index contributed by atoms with van der Waals surface area (Å²) in [5, 5.41) is 3.66. The molecule has 1 rings (SSSR count). The predicted molar refractivity (Wildman–Crippen MR) is 71.4 cm³/mol. The van der Waals surface area contributed by atoms with E-state index in [2.05, 4.69) is 12.2 Å². The summed E-state index contributed by atoms with van der Waals surface area (Å²) in [5.41, 5.74) is 0. The quantitative estimate of drug-likeness (QED) is 0.631. The molecule has 0 aliphatic heterocycles. The van der Waals surface area contributed by atoms with Crippen molar-refractivity contribution in [2.24, 2.45) is 5.92 Å². The molecule has 1 aliphatic carbocycles. The van der Waals surface area contributed by atoms with Crippen LogP contribution in [0.3, 0.4) is 0 Å². The molecule has 0 radical (unpaired) electrons. The van der Waals surface area contributed by atoms with Gasteiger partial charge in [0.1, 0.15) is 0 Å². The summed E-state index contributed by atoms with van der Waals surface area (Å²) >= 11 is 0. The molecule has 0 aromatic carbocycles. The van der Waals surface area contributed by atoms with Gasteiger partial charge in [0.2, 0.25) is 0 Å². The van der Waals surface area contributed by atoms with Crippen LogP contribution in [0.1, 0.15) is 45.4 Å². The molecule has 3 nitrogen and oxygen atoms in total. The molecule has 0 saturated heterocycles. The second-order valence-corrected chi connectivity index (χ2v) is 4.97. The van der Waals surface area contributed by atoms with Crippen molar-refractivity contribution in [3.05, 3.63) is 0 Å². The van der Waals surface area contributed by atoms with Crippen LogP contribution in [0.2, 0.25) is 0 Å². The molecule has 0 heterocycles. The Morgan fingerprint density at radius 2 is 1.94 bits per heavy atom. The molecule has 0 aromatic heterocycles. The average Bonchev–Trinajstić information content (AvgIpc) is 2.38. The van der Waals surface area contributed by atoms with Crippen LogP contribution in [0.25, 0.3) is 0 Å². The van der Waals surface area contributed by atoms with Crippen LogP contribution >= 0.6 is 0 Å². The van der Waals surface area contributed by atoms with Crippen LogP contribution in [0.4, 0.5) is 0 Å². The molecule has 2 atom stereocenters. The minimum Gasteiger partial charge on any atom is -0.385 e. The molecule has 17 heavy (non-hydrogen) atoms. The monoisotopic (exact) mass is 243 g/mol. The first-order valence-corrected chi connectivity index (χ1v) is 7.18. The van der Waals surface area contributed by atoms with E-state index in [1.54, 1.807) is 7.11 Å². The molecule has 0 aromatic rings. The van der Waals surface area contributed by atoms with Crippen molar-refractivity contribution in [3.63, 3.8) is 0 Å². The fourth-order valence-corrected chi connectivity index (χ4v) is 2.69. The summed E-state index contributed by atoms with van der Waals surface area (Å²) in [5.74, 6) is 0.886. The average molecular weight is 243 g/mol. The predicted octanol–water partition coefficient (Wildman–Crippen LogP) is 2.60. The lowest BCUT2D eigenvalue weighted by atomic mass is 9.83. The topological polar surface area (TPSA) is 30.5 Å². The van der Waals surface area contributed by atoms with Gasteiger partial charge in [-0.2, -0.15) is 0 Å². The van der Waals surface area contributed by atoms with Gasteiger partial charge in [0, 0.05) is 32.9 Å². The highest BCUT2D eigenvalue weighted by Crippen LogP contribution is 2.26. The highest BCUT2D eigenvalue weighted by atomic mass is 16.5. The Bertz CT molecular complexity index is 176. The minimum absolute atomic E-state index is 0.733. The third-order valence-electron chi connectivity index (χ3n) is 3.72. The lowest BCUT2D eigenvalue weighted by Crippen LogP contribution is -2.39. The van der Waals surface area contributed by atoms with Gasteiger partial charge >= 0.3 is 0 Å². The maximum Gasteiger partial charge on any atom is 0.0591 e. The van der Waals surface area contributed by atoms with Crippen LogP contribution < -0.4 is 5.32 Å². The molecule has 3 heteroatoms. The van der Waals surface area contributed by atoms with E-state index >= 15 is 0 Å². The van der Waals surface area contributed by atoms with Gasteiger partial charge in [-0.25, -0.2) is 0 Å². The Hall–Kier alpha value is -0.120. The molecule has 0 spiro atoms. The molecule has 1 saturated carbocycles. The lowest BCUT2D eigenvalue weighted by Gasteiger charge is -2.31. The van der Waals surface area contributed by atoms with E-state index in [1.165, 1.54) is 32.1 Å². The van der Waals surface area contributed by atoms with Gasteiger partial charge in [0.25, 0.3) is 0 Å². The Morgan fingerprint density at radius 3 is 2.71 bits per heavy atom. The summed E-state index contributed by atoms with van der Waals surface area (Å²) in [6.07, 6.45) is 7.88. The van der Waals surface area contributed by atoms with E-state index < -0.39 is 0 Å². The Labute approximate surface area is 106 Å². The van der Waals surface area contributed by atoms with Crippen LogP contribution in [0.15, 0.2) is 0 Å². The van der Waals surface area contributed by atoms with Crippen molar-refractivity contribution in [2.45, 2.75) is 51.5 Å². The summed E-state index contributed by atoms with van der Waals surface area (Å²) in [6.45, 7) is 5.75. The summed E-state index contributed by atoms with van der Waals surface area (Å²) in [4.78, 5) is 0. The Morgan fingerprint density at radius 1 is 1.12 bits per heavy atom. The molecule has 1 fully saturated rings. The maximum atomic E-state index is 5.55. The number of hydrogen-bond donors (Lipinski definition) is 1. The van der Waals surface area contributed by atoms with Crippen molar-refractivity contribution in [1.82, 2.24) is 5.32 Å². The molecule has 0 amide bonds. The number of hydrogen-bond acceptors (Lipinski definition) is 3. The van der Waals surface area contributed by atoms with Gasteiger partial charge in [0.05, 0.1) is 6.61 Å². The fraction of sp³-hybridized carbons (Fsp3) is 1.00. The van der Waals surface area contributed by atoms with Gasteiger partial charge < -0.3 is 14.8 Å². The van der Waals surface area contributed by atoms with Crippen molar-refractivity contribution in [3.8, 4) is 0 Å². The van der Waals surface area contributed by atoms with Gasteiger partial charge in [-0.1, -0.05) is 26.2 Å². The zero-order valence-electron chi connectivity index (χ0n) is 11.5. The molecule has 1 aliphatic rings. The lowest BCUT2D eigenvalue weighted by molar-refractivity contribution is 0.0999. The van der Waals surface area contributed by atoms with Gasteiger partial charge in [-0.3, -0.25) is 0 Å². The zero-order chi connectivity index (χ0) is 12.3. The number of ether oxygens (including phenoxy) is 2. The van der Waals surface area contributed by atoms with Gasteiger partial charge in [0.15, 0.2) is 0 Å². The van der Waals surface area contributed by atoms with Crippen molar-refractivity contribution in [1.29, 1.82) is 0 Å². The molecule has 1 N–H and O–H groups in total. The van der Waals surface area contributed by atoms with Crippen molar-refractivity contribution >= 4 is 0 Å². The van der Waals surface area contributed by atoms with Crippen LogP contribution in [-0.4, -0.2) is 39.5 Å². The van der Waals surface area contributed by atoms with E-state index in [-0.39, 0.29) is 0 Å². The van der Waals surface area contributed by atoms with E-state index in [9.17, 15) is 0 Å². The highest BCUT2D eigenvalue weighted by molar-refractivity contribution is 4.79. The third kappa shape index (κ3) is 6.39. The molecule has 102 valence electrons. The maximum absolute atomic E-state index is 5.55. The summed E-state index contributed by atoms with van der Waals surface area (Å²) < 4.78 is 10.5. The first-order chi connectivity index (χ1) is 8.38. The van der Waals surface area contributed by atoms with E-state index in [0.29, 0.717) is 0 Å². The van der Waals surface area contributed by atoms with Crippen LogP contribution in [0, 0.1) is 5.92 Å². The molecule has 2 unspecified atom stereocenters. The molecular formula is C14H29NO2. The number of methoxy groups -OCH3 is 1. The van der Waals surface area contributed by atoms with Crippen molar-refractivity contribution in [2.75, 3.05) is 33.5 Å². The molecule has 0 bridgehead atoms. The third-order valence-corrected chi connectivity index (χ3v) is 3.72. The summed E-state index contributed by atoms with van der Waals surface area (Å²) in [6, 6.07) is 0.733. The first kappa shape index (κ1) is 14.9. The largest absolute Gasteiger partial charge is 0.385 e. The molecular weight excluding hydrogens is 214 g/mol. The second kappa shape index (κ2) is 9.86. The second-order valence-electron chi connectivity index (χ2n) is 4.97.